The van der Waals surface area contributed by atoms with E-state index in [-0.39, 0.29) is 29.4 Å². The largest absolute Gasteiger partial charge is 0.459 e. The van der Waals surface area contributed by atoms with Gasteiger partial charge in [0, 0.05) is 17.3 Å². The van der Waals surface area contributed by atoms with Gasteiger partial charge in [0.25, 0.3) is 5.91 Å². The van der Waals surface area contributed by atoms with Gasteiger partial charge < -0.3 is 20.4 Å². The van der Waals surface area contributed by atoms with Gasteiger partial charge in [-0.15, -0.1) is 0 Å². The number of hydrogen-bond acceptors (Lipinski definition) is 4. The van der Waals surface area contributed by atoms with E-state index in [0.717, 1.165) is 12.8 Å². The summed E-state index contributed by atoms with van der Waals surface area (Å²) in [4.78, 5) is 36.5. The molecule has 1 saturated carbocycles. The number of nitrogens with one attached hydrogen (secondary N) is 3. The fraction of sp³-hybridized carbons (Fsp3) is 0.350. The van der Waals surface area contributed by atoms with E-state index >= 15 is 0 Å². The molecule has 1 aliphatic rings. The highest BCUT2D eigenvalue weighted by Gasteiger charge is 2.29. The highest BCUT2D eigenvalue weighted by atomic mass is 16.3. The smallest absolute Gasteiger partial charge is 0.287 e. The summed E-state index contributed by atoms with van der Waals surface area (Å²) in [5.41, 5.74) is 1.28. The van der Waals surface area contributed by atoms with E-state index in [0.29, 0.717) is 11.4 Å². The molecule has 1 fully saturated rings. The van der Waals surface area contributed by atoms with Gasteiger partial charge in [-0.3, -0.25) is 14.4 Å². The molecule has 0 radical (unpaired) electrons. The number of amides is 3. The maximum Gasteiger partial charge on any atom is 0.287 e. The maximum atomic E-state index is 12.6. The van der Waals surface area contributed by atoms with Crippen molar-refractivity contribution >= 4 is 29.1 Å². The van der Waals surface area contributed by atoms with Crippen LogP contribution in [-0.2, 0) is 9.59 Å². The predicted molar refractivity (Wildman–Crippen MR) is 101 cm³/mol. The number of carbonyl (C=O) groups excluding carboxylic acids is 3. The molecule has 3 N–H and O–H groups in total. The fourth-order valence-corrected chi connectivity index (χ4v) is 2.60. The Hall–Kier alpha value is -3.09. The van der Waals surface area contributed by atoms with Crippen LogP contribution in [0.2, 0.25) is 0 Å². The van der Waals surface area contributed by atoms with E-state index in [1.54, 1.807) is 36.4 Å². The third-order valence-electron chi connectivity index (χ3n) is 4.35. The minimum absolute atomic E-state index is 0.0345. The molecule has 1 heterocycles. The van der Waals surface area contributed by atoms with Crippen molar-refractivity contribution in [2.24, 2.45) is 11.8 Å². The van der Waals surface area contributed by atoms with Crippen molar-refractivity contribution in [1.82, 2.24) is 5.32 Å². The third kappa shape index (κ3) is 4.97. The highest BCUT2D eigenvalue weighted by molar-refractivity contribution is 6.00. The lowest BCUT2D eigenvalue weighted by molar-refractivity contribution is -0.119. The molecule has 1 aromatic heterocycles. The summed E-state index contributed by atoms with van der Waals surface area (Å²) >= 11 is 0. The van der Waals surface area contributed by atoms with Crippen LogP contribution in [0, 0.1) is 11.8 Å². The van der Waals surface area contributed by atoms with Gasteiger partial charge in [-0.05, 0) is 55.2 Å². The molecular formula is C20H23N3O4. The van der Waals surface area contributed by atoms with Crippen LogP contribution in [0.15, 0.2) is 47.1 Å². The summed E-state index contributed by atoms with van der Waals surface area (Å²) in [6, 6.07) is 9.35. The SMILES string of the molecule is CC(C)C(NC(=O)c1ccco1)C(=O)Nc1ccc(NC(=O)C2CC2)cc1. The van der Waals surface area contributed by atoms with Gasteiger partial charge in [0.15, 0.2) is 5.76 Å². The zero-order valence-corrected chi connectivity index (χ0v) is 15.3. The fourth-order valence-electron chi connectivity index (χ4n) is 2.60. The predicted octanol–water partition coefficient (Wildman–Crippen LogP) is 3.02. The molecule has 3 rings (SSSR count). The van der Waals surface area contributed by atoms with Crippen molar-refractivity contribution in [2.45, 2.75) is 32.7 Å². The molecule has 0 bridgehead atoms. The molecule has 1 atom stereocenters. The van der Waals surface area contributed by atoms with Crippen molar-refractivity contribution < 1.29 is 18.8 Å². The number of rotatable bonds is 7. The molecule has 27 heavy (non-hydrogen) atoms. The van der Waals surface area contributed by atoms with Gasteiger partial charge in [0.2, 0.25) is 11.8 Å². The van der Waals surface area contributed by atoms with Gasteiger partial charge in [0.1, 0.15) is 6.04 Å². The Morgan fingerprint density at radius 2 is 1.63 bits per heavy atom. The first-order valence-electron chi connectivity index (χ1n) is 9.00. The number of anilines is 2. The average Bonchev–Trinajstić information content (AvgIpc) is 3.35. The second-order valence-corrected chi connectivity index (χ2v) is 7.00. The number of carbonyl (C=O) groups is 3. The molecule has 7 heteroatoms. The molecule has 2 aromatic rings. The van der Waals surface area contributed by atoms with E-state index in [9.17, 15) is 14.4 Å². The van der Waals surface area contributed by atoms with E-state index in [2.05, 4.69) is 16.0 Å². The Labute approximate surface area is 157 Å². The van der Waals surface area contributed by atoms with Crippen molar-refractivity contribution in [3.63, 3.8) is 0 Å². The minimum atomic E-state index is -0.711. The lowest BCUT2D eigenvalue weighted by Crippen LogP contribution is -2.47. The Morgan fingerprint density at radius 1 is 1.00 bits per heavy atom. The summed E-state index contributed by atoms with van der Waals surface area (Å²) in [6.45, 7) is 3.70. The van der Waals surface area contributed by atoms with Gasteiger partial charge in [-0.25, -0.2) is 0 Å². The van der Waals surface area contributed by atoms with Crippen LogP contribution in [0.5, 0.6) is 0 Å². The maximum absolute atomic E-state index is 12.6. The Kier molecular flexibility index (Phi) is 5.59. The van der Waals surface area contributed by atoms with Crippen LogP contribution in [0.1, 0.15) is 37.2 Å². The topological polar surface area (TPSA) is 100 Å². The standard InChI is InChI=1S/C20H23N3O4/c1-12(2)17(23-19(25)16-4-3-11-27-16)20(26)22-15-9-7-14(8-10-15)21-18(24)13-5-6-13/h3-4,7-13,17H,5-6H2,1-2H3,(H,21,24)(H,22,26)(H,23,25). The summed E-state index contributed by atoms with van der Waals surface area (Å²) in [7, 11) is 0. The molecule has 1 aliphatic carbocycles. The Bertz CT molecular complexity index is 808. The van der Waals surface area contributed by atoms with Gasteiger partial charge in [0.05, 0.1) is 6.26 Å². The third-order valence-corrected chi connectivity index (χ3v) is 4.35. The first kappa shape index (κ1) is 18.7. The molecule has 1 unspecified atom stereocenters. The molecule has 0 aliphatic heterocycles. The molecule has 0 spiro atoms. The number of furan rings is 1. The summed E-state index contributed by atoms with van der Waals surface area (Å²) in [6.07, 6.45) is 3.30. The molecule has 1 aromatic carbocycles. The number of benzene rings is 1. The quantitative estimate of drug-likeness (QED) is 0.698. The summed E-state index contributed by atoms with van der Waals surface area (Å²) < 4.78 is 5.06. The van der Waals surface area contributed by atoms with Crippen LogP contribution >= 0.6 is 0 Å². The number of hydrogen-bond donors (Lipinski definition) is 3. The van der Waals surface area contributed by atoms with E-state index < -0.39 is 11.9 Å². The van der Waals surface area contributed by atoms with Gasteiger partial charge in [-0.2, -0.15) is 0 Å². The minimum Gasteiger partial charge on any atom is -0.459 e. The van der Waals surface area contributed by atoms with Crippen molar-refractivity contribution in [3.8, 4) is 0 Å². The van der Waals surface area contributed by atoms with Crippen molar-refractivity contribution in [2.75, 3.05) is 10.6 Å². The van der Waals surface area contributed by atoms with E-state index in [4.69, 9.17) is 4.42 Å². The zero-order chi connectivity index (χ0) is 19.4. The van der Waals surface area contributed by atoms with E-state index in [1.165, 1.54) is 6.26 Å². The molecule has 0 saturated heterocycles. The molecular weight excluding hydrogens is 346 g/mol. The monoisotopic (exact) mass is 369 g/mol. The van der Waals surface area contributed by atoms with Crippen LogP contribution < -0.4 is 16.0 Å². The molecule has 142 valence electrons. The lowest BCUT2D eigenvalue weighted by Gasteiger charge is -2.21. The Morgan fingerprint density at radius 3 is 2.15 bits per heavy atom. The first-order chi connectivity index (χ1) is 12.9. The second kappa shape index (κ2) is 8.07. The second-order valence-electron chi connectivity index (χ2n) is 7.00. The van der Waals surface area contributed by atoms with Crippen LogP contribution in [0.4, 0.5) is 11.4 Å². The van der Waals surface area contributed by atoms with Crippen molar-refractivity contribution in [3.05, 3.63) is 48.4 Å². The molecule has 3 amide bonds. The zero-order valence-electron chi connectivity index (χ0n) is 15.3. The average molecular weight is 369 g/mol. The van der Waals surface area contributed by atoms with Crippen LogP contribution in [0.25, 0.3) is 0 Å². The Balaban J connectivity index is 1.59. The van der Waals surface area contributed by atoms with Gasteiger partial charge in [-0.1, -0.05) is 13.8 Å². The van der Waals surface area contributed by atoms with Crippen LogP contribution in [-0.4, -0.2) is 23.8 Å². The normalized spacial score (nSPS) is 14.5. The first-order valence-corrected chi connectivity index (χ1v) is 9.00. The summed E-state index contributed by atoms with van der Waals surface area (Å²) in [5.74, 6) is -0.543. The van der Waals surface area contributed by atoms with Gasteiger partial charge >= 0.3 is 0 Å². The van der Waals surface area contributed by atoms with Crippen LogP contribution in [0.3, 0.4) is 0 Å². The van der Waals surface area contributed by atoms with Crippen molar-refractivity contribution in [1.29, 1.82) is 0 Å². The van der Waals surface area contributed by atoms with E-state index in [1.807, 2.05) is 13.8 Å². The molecule has 7 nitrogen and oxygen atoms in total. The lowest BCUT2D eigenvalue weighted by atomic mass is 10.0. The highest BCUT2D eigenvalue weighted by Crippen LogP contribution is 2.30. The summed E-state index contributed by atoms with van der Waals surface area (Å²) in [5, 5.41) is 8.33.